The molecule has 0 N–H and O–H groups in total. The third-order valence-corrected chi connectivity index (χ3v) is 3.85. The number of sulfone groups is 1. The summed E-state index contributed by atoms with van der Waals surface area (Å²) in [6, 6.07) is 5.95. The predicted molar refractivity (Wildman–Crippen MR) is 63.7 cm³/mol. The van der Waals surface area contributed by atoms with E-state index in [0.717, 1.165) is 0 Å². The van der Waals surface area contributed by atoms with Crippen molar-refractivity contribution in [1.29, 1.82) is 0 Å². The van der Waals surface area contributed by atoms with Crippen LogP contribution in [0.15, 0.2) is 29.2 Å². The molecule has 0 fully saturated rings. The molecule has 0 radical (unpaired) electrons. The molecular weight excluding hydrogens is 242 g/mol. The Bertz CT molecular complexity index is 491. The maximum absolute atomic E-state index is 11.9. The van der Waals surface area contributed by atoms with Crippen LogP contribution in [0.1, 0.15) is 0 Å². The first kappa shape index (κ1) is 13.5. The van der Waals surface area contributed by atoms with E-state index in [4.69, 9.17) is 4.74 Å². The van der Waals surface area contributed by atoms with E-state index >= 15 is 0 Å². The van der Waals surface area contributed by atoms with E-state index in [1.807, 2.05) is 0 Å². The number of ether oxygens (including phenoxy) is 1. The summed E-state index contributed by atoms with van der Waals surface area (Å²) >= 11 is 0. The number of rotatable bonds is 4. The van der Waals surface area contributed by atoms with E-state index in [9.17, 15) is 13.2 Å². The van der Waals surface area contributed by atoms with Crippen LogP contribution in [0.5, 0.6) is 5.75 Å². The van der Waals surface area contributed by atoms with Crippen LogP contribution in [-0.2, 0) is 14.6 Å². The van der Waals surface area contributed by atoms with Gasteiger partial charge in [0.1, 0.15) is 11.5 Å². The molecule has 1 rings (SSSR count). The molecule has 0 aliphatic heterocycles. The lowest BCUT2D eigenvalue weighted by Crippen LogP contribution is -2.29. The molecule has 0 saturated heterocycles. The monoisotopic (exact) mass is 257 g/mol. The minimum Gasteiger partial charge on any atom is -0.497 e. The molecule has 0 unspecified atom stereocenters. The van der Waals surface area contributed by atoms with Crippen molar-refractivity contribution in [2.45, 2.75) is 4.90 Å². The van der Waals surface area contributed by atoms with Gasteiger partial charge in [0, 0.05) is 14.1 Å². The van der Waals surface area contributed by atoms with Crippen LogP contribution in [0, 0.1) is 0 Å². The van der Waals surface area contributed by atoms with E-state index in [-0.39, 0.29) is 4.90 Å². The van der Waals surface area contributed by atoms with Crippen molar-refractivity contribution < 1.29 is 17.9 Å². The molecule has 0 aromatic heterocycles. The quantitative estimate of drug-likeness (QED) is 0.790. The Morgan fingerprint density at radius 1 is 1.24 bits per heavy atom. The highest BCUT2D eigenvalue weighted by molar-refractivity contribution is 7.92. The molecule has 0 saturated carbocycles. The average molecular weight is 257 g/mol. The summed E-state index contributed by atoms with van der Waals surface area (Å²) in [6.45, 7) is 0. The standard InChI is InChI=1S/C11H15NO4S/c1-12(2)11(13)8-17(14,15)10-6-4-9(16-3)5-7-10/h4-7H,8H2,1-3H3. The summed E-state index contributed by atoms with van der Waals surface area (Å²) in [6.07, 6.45) is 0. The molecule has 5 nitrogen and oxygen atoms in total. The second-order valence-electron chi connectivity index (χ2n) is 3.72. The lowest BCUT2D eigenvalue weighted by molar-refractivity contribution is -0.125. The zero-order valence-corrected chi connectivity index (χ0v) is 10.8. The Kier molecular flexibility index (Phi) is 4.11. The summed E-state index contributed by atoms with van der Waals surface area (Å²) in [5.41, 5.74) is 0. The van der Waals surface area contributed by atoms with Crippen molar-refractivity contribution in [2.75, 3.05) is 27.0 Å². The summed E-state index contributed by atoms with van der Waals surface area (Å²) in [7, 11) is 0.962. The van der Waals surface area contributed by atoms with Gasteiger partial charge in [0.25, 0.3) is 0 Å². The molecule has 0 spiro atoms. The van der Waals surface area contributed by atoms with Crippen LogP contribution < -0.4 is 4.74 Å². The van der Waals surface area contributed by atoms with Gasteiger partial charge in [0.2, 0.25) is 5.91 Å². The number of methoxy groups -OCH3 is 1. The topological polar surface area (TPSA) is 63.7 Å². The van der Waals surface area contributed by atoms with Crippen LogP contribution in [-0.4, -0.2) is 46.2 Å². The Balaban J connectivity index is 2.93. The van der Waals surface area contributed by atoms with Crippen molar-refractivity contribution in [3.05, 3.63) is 24.3 Å². The molecule has 94 valence electrons. The highest BCUT2D eigenvalue weighted by atomic mass is 32.2. The van der Waals surface area contributed by atoms with Gasteiger partial charge in [-0.2, -0.15) is 0 Å². The van der Waals surface area contributed by atoms with Crippen LogP contribution in [0.4, 0.5) is 0 Å². The molecule has 1 amide bonds. The number of benzene rings is 1. The number of hydrogen-bond acceptors (Lipinski definition) is 4. The Labute approximate surface area is 101 Å². The summed E-state index contributed by atoms with van der Waals surface area (Å²) in [4.78, 5) is 12.7. The van der Waals surface area contributed by atoms with Gasteiger partial charge >= 0.3 is 0 Å². The lowest BCUT2D eigenvalue weighted by atomic mass is 10.3. The van der Waals surface area contributed by atoms with Crippen molar-refractivity contribution in [2.24, 2.45) is 0 Å². The van der Waals surface area contributed by atoms with E-state index in [0.29, 0.717) is 5.75 Å². The SMILES string of the molecule is COc1ccc(S(=O)(=O)CC(=O)N(C)C)cc1. The normalized spacial score (nSPS) is 11.0. The van der Waals surface area contributed by atoms with E-state index in [2.05, 4.69) is 0 Å². The Morgan fingerprint density at radius 3 is 2.18 bits per heavy atom. The van der Waals surface area contributed by atoms with Gasteiger partial charge in [-0.3, -0.25) is 4.79 Å². The molecule has 1 aromatic rings. The van der Waals surface area contributed by atoms with Crippen molar-refractivity contribution in [1.82, 2.24) is 4.90 Å². The number of nitrogens with zero attached hydrogens (tertiary/aromatic N) is 1. The van der Waals surface area contributed by atoms with Crippen LogP contribution >= 0.6 is 0 Å². The molecule has 17 heavy (non-hydrogen) atoms. The van der Waals surface area contributed by atoms with Gasteiger partial charge in [0.15, 0.2) is 9.84 Å². The zero-order valence-electron chi connectivity index (χ0n) is 10.0. The van der Waals surface area contributed by atoms with Crippen LogP contribution in [0.25, 0.3) is 0 Å². The third kappa shape index (κ3) is 3.45. The first-order valence-corrected chi connectivity index (χ1v) is 6.59. The van der Waals surface area contributed by atoms with E-state index in [1.165, 1.54) is 38.2 Å². The molecule has 6 heteroatoms. The first-order valence-electron chi connectivity index (χ1n) is 4.94. The maximum atomic E-state index is 11.9. The van der Waals surface area contributed by atoms with Gasteiger partial charge < -0.3 is 9.64 Å². The second kappa shape index (κ2) is 5.18. The molecule has 0 aliphatic carbocycles. The van der Waals surface area contributed by atoms with Crippen molar-refractivity contribution in [3.63, 3.8) is 0 Å². The van der Waals surface area contributed by atoms with Gasteiger partial charge in [-0.1, -0.05) is 0 Å². The minimum absolute atomic E-state index is 0.119. The van der Waals surface area contributed by atoms with E-state index < -0.39 is 21.5 Å². The van der Waals surface area contributed by atoms with Crippen LogP contribution in [0.2, 0.25) is 0 Å². The third-order valence-electron chi connectivity index (χ3n) is 2.23. The summed E-state index contributed by atoms with van der Waals surface area (Å²) in [5, 5.41) is 0. The zero-order chi connectivity index (χ0) is 13.1. The highest BCUT2D eigenvalue weighted by Crippen LogP contribution is 2.16. The Morgan fingerprint density at radius 2 is 1.76 bits per heavy atom. The fraction of sp³-hybridized carbons (Fsp3) is 0.364. The number of hydrogen-bond donors (Lipinski definition) is 0. The molecule has 0 atom stereocenters. The number of carbonyl (C=O) groups excluding carboxylic acids is 1. The highest BCUT2D eigenvalue weighted by Gasteiger charge is 2.20. The van der Waals surface area contributed by atoms with Gasteiger partial charge in [-0.05, 0) is 24.3 Å². The van der Waals surface area contributed by atoms with Gasteiger partial charge in [0.05, 0.1) is 12.0 Å². The molecular formula is C11H15NO4S. The Hall–Kier alpha value is -1.56. The van der Waals surface area contributed by atoms with Gasteiger partial charge in [-0.15, -0.1) is 0 Å². The smallest absolute Gasteiger partial charge is 0.237 e. The molecule has 0 aliphatic rings. The average Bonchev–Trinajstić information content (AvgIpc) is 2.28. The van der Waals surface area contributed by atoms with Crippen molar-refractivity contribution >= 4 is 15.7 Å². The molecule has 0 heterocycles. The maximum Gasteiger partial charge on any atom is 0.237 e. The van der Waals surface area contributed by atoms with E-state index in [1.54, 1.807) is 12.1 Å². The van der Waals surface area contributed by atoms with Crippen molar-refractivity contribution in [3.8, 4) is 5.75 Å². The first-order chi connectivity index (χ1) is 7.86. The largest absolute Gasteiger partial charge is 0.497 e. The second-order valence-corrected chi connectivity index (χ2v) is 5.71. The summed E-state index contributed by atoms with van der Waals surface area (Å²) < 4.78 is 28.6. The lowest BCUT2D eigenvalue weighted by Gasteiger charge is -2.10. The molecule has 0 bridgehead atoms. The van der Waals surface area contributed by atoms with Crippen LogP contribution in [0.3, 0.4) is 0 Å². The van der Waals surface area contributed by atoms with Gasteiger partial charge in [-0.25, -0.2) is 8.42 Å². The predicted octanol–water partition coefficient (Wildman–Crippen LogP) is 0.557. The summed E-state index contributed by atoms with van der Waals surface area (Å²) in [5.74, 6) is -0.393. The fourth-order valence-corrected chi connectivity index (χ4v) is 2.46. The minimum atomic E-state index is -3.58. The molecule has 1 aromatic carbocycles. The number of amides is 1. The number of carbonyl (C=O) groups is 1. The fourth-order valence-electron chi connectivity index (χ4n) is 1.16.